The van der Waals surface area contributed by atoms with Gasteiger partial charge in [-0.2, -0.15) is 5.10 Å². The highest BCUT2D eigenvalue weighted by Crippen LogP contribution is 2.38. The van der Waals surface area contributed by atoms with E-state index in [-0.39, 0.29) is 0 Å². The summed E-state index contributed by atoms with van der Waals surface area (Å²) in [6.45, 7) is 13.2. The number of aromatic nitrogens is 3. The number of unbranched alkanes of at least 4 members (excludes halogenated alkanes) is 2. The fourth-order valence-electron chi connectivity index (χ4n) is 7.47. The average molecular weight is 646 g/mol. The predicted octanol–water partition coefficient (Wildman–Crippen LogP) is 12.3. The molecule has 7 rings (SSSR count). The second kappa shape index (κ2) is 13.8. The van der Waals surface area contributed by atoms with Gasteiger partial charge in [-0.15, -0.1) is 0 Å². The van der Waals surface area contributed by atoms with E-state index in [0.717, 1.165) is 59.8 Å². The quantitative estimate of drug-likeness (QED) is 0.140. The van der Waals surface area contributed by atoms with Crippen molar-refractivity contribution in [3.05, 3.63) is 137 Å². The van der Waals surface area contributed by atoms with Gasteiger partial charge < -0.3 is 9.30 Å². The smallest absolute Gasteiger partial charge is 0.129 e. The molecule has 7 aromatic rings. The number of fused-ring (bicyclic) bond motifs is 3. The third-order valence-corrected chi connectivity index (χ3v) is 9.91. The van der Waals surface area contributed by atoms with Crippen LogP contribution in [0.25, 0.3) is 44.3 Å². The summed E-state index contributed by atoms with van der Waals surface area (Å²) < 4.78 is 11.3. The maximum absolute atomic E-state index is 6.78. The Morgan fingerprint density at radius 3 is 2.04 bits per heavy atom. The molecule has 0 saturated heterocycles. The molecular weight excluding hydrogens is 599 g/mol. The number of hydrogen-bond acceptors (Lipinski definition) is 2. The summed E-state index contributed by atoms with van der Waals surface area (Å²) in [4.78, 5) is 0. The molecule has 0 amide bonds. The van der Waals surface area contributed by atoms with E-state index >= 15 is 0 Å². The SMILES string of the molecule is CCCCc1cc(Oc2ccc3c4ccccc4n(-c4cccc(CCCC)c4)c3c2)cc(-n2nc(C)c(-c3c(C)cccc3C)c2C)c1. The lowest BCUT2D eigenvalue weighted by molar-refractivity contribution is 0.482. The molecule has 0 bridgehead atoms. The molecule has 248 valence electrons. The largest absolute Gasteiger partial charge is 0.457 e. The summed E-state index contributed by atoms with van der Waals surface area (Å²) in [7, 11) is 0. The number of nitrogens with zero attached hydrogens (tertiary/aromatic N) is 3. The Hall–Kier alpha value is -5.09. The van der Waals surface area contributed by atoms with E-state index < -0.39 is 0 Å². The Bertz CT molecular complexity index is 2270. The molecule has 0 spiro atoms. The van der Waals surface area contributed by atoms with Crippen LogP contribution in [0.5, 0.6) is 11.5 Å². The summed E-state index contributed by atoms with van der Waals surface area (Å²) in [6, 6.07) is 37.4. The van der Waals surface area contributed by atoms with Crippen LogP contribution in [0.3, 0.4) is 0 Å². The summed E-state index contributed by atoms with van der Waals surface area (Å²) in [5.41, 5.74) is 14.4. The molecule has 0 unspecified atom stereocenters. The first-order chi connectivity index (χ1) is 23.9. The first-order valence-electron chi connectivity index (χ1n) is 17.9. The minimum atomic E-state index is 0.821. The van der Waals surface area contributed by atoms with Crippen LogP contribution < -0.4 is 4.74 Å². The molecule has 0 N–H and O–H groups in total. The topological polar surface area (TPSA) is 32.0 Å². The standard InChI is InChI=1S/C45H47N3O/c1-7-9-17-34-19-14-20-36(25-34)47-42-22-12-11-21-40(42)41-24-23-38(29-43(41)47)49-39-27-35(18-10-8-2)26-37(28-39)48-33(6)45(32(5)46-48)44-30(3)15-13-16-31(44)4/h11-16,19-29H,7-10,17-18H2,1-6H3. The van der Waals surface area contributed by atoms with Crippen LogP contribution >= 0.6 is 0 Å². The Kier molecular flexibility index (Phi) is 9.14. The van der Waals surface area contributed by atoms with Gasteiger partial charge in [0.2, 0.25) is 0 Å². The van der Waals surface area contributed by atoms with Gasteiger partial charge in [-0.25, -0.2) is 4.68 Å². The van der Waals surface area contributed by atoms with Gasteiger partial charge in [0, 0.05) is 39.8 Å². The van der Waals surface area contributed by atoms with E-state index in [2.05, 4.69) is 154 Å². The molecule has 0 saturated carbocycles. The van der Waals surface area contributed by atoms with Crippen molar-refractivity contribution >= 4 is 21.8 Å². The van der Waals surface area contributed by atoms with Crippen molar-refractivity contribution in [1.29, 1.82) is 0 Å². The van der Waals surface area contributed by atoms with Gasteiger partial charge in [0.1, 0.15) is 11.5 Å². The molecule has 4 nitrogen and oxygen atoms in total. The Labute approximate surface area is 291 Å². The van der Waals surface area contributed by atoms with Gasteiger partial charge >= 0.3 is 0 Å². The van der Waals surface area contributed by atoms with Crippen molar-refractivity contribution in [3.8, 4) is 34.0 Å². The van der Waals surface area contributed by atoms with E-state index in [1.807, 2.05) is 0 Å². The highest BCUT2D eigenvalue weighted by atomic mass is 16.5. The molecule has 5 aromatic carbocycles. The Balaban J connectivity index is 1.32. The number of para-hydroxylation sites is 1. The minimum Gasteiger partial charge on any atom is -0.457 e. The van der Waals surface area contributed by atoms with Crippen molar-refractivity contribution in [2.45, 2.75) is 80.1 Å². The van der Waals surface area contributed by atoms with Crippen molar-refractivity contribution in [2.75, 3.05) is 0 Å². The highest BCUT2D eigenvalue weighted by molar-refractivity contribution is 6.09. The predicted molar refractivity (Wildman–Crippen MR) is 206 cm³/mol. The van der Waals surface area contributed by atoms with Gasteiger partial charge in [-0.1, -0.05) is 75.2 Å². The summed E-state index contributed by atoms with van der Waals surface area (Å²) in [5.74, 6) is 1.65. The Morgan fingerprint density at radius 1 is 0.571 bits per heavy atom. The number of benzene rings is 5. The molecule has 2 heterocycles. The van der Waals surface area contributed by atoms with Crippen LogP contribution in [0.2, 0.25) is 0 Å². The zero-order valence-corrected chi connectivity index (χ0v) is 29.8. The summed E-state index contributed by atoms with van der Waals surface area (Å²) in [5, 5.41) is 7.57. The van der Waals surface area contributed by atoms with Gasteiger partial charge in [0.15, 0.2) is 0 Å². The zero-order chi connectivity index (χ0) is 34.1. The molecule has 0 fully saturated rings. The fraction of sp³-hybridized carbons (Fsp3) is 0.267. The van der Waals surface area contributed by atoms with E-state index in [0.29, 0.717) is 0 Å². The van der Waals surface area contributed by atoms with Crippen LogP contribution in [0.4, 0.5) is 0 Å². The van der Waals surface area contributed by atoms with E-state index in [9.17, 15) is 0 Å². The van der Waals surface area contributed by atoms with Crippen LogP contribution in [0.1, 0.15) is 73.2 Å². The van der Waals surface area contributed by atoms with Gasteiger partial charge in [-0.05, 0) is 124 Å². The van der Waals surface area contributed by atoms with Gasteiger partial charge in [0.25, 0.3) is 0 Å². The van der Waals surface area contributed by atoms with E-state index in [1.54, 1.807) is 0 Å². The van der Waals surface area contributed by atoms with Crippen molar-refractivity contribution in [1.82, 2.24) is 14.3 Å². The third kappa shape index (κ3) is 6.28. The normalized spacial score (nSPS) is 11.6. The first-order valence-corrected chi connectivity index (χ1v) is 17.9. The van der Waals surface area contributed by atoms with Crippen LogP contribution in [0, 0.1) is 27.7 Å². The summed E-state index contributed by atoms with van der Waals surface area (Å²) >= 11 is 0. The Morgan fingerprint density at radius 2 is 1.27 bits per heavy atom. The van der Waals surface area contributed by atoms with E-state index in [4.69, 9.17) is 9.84 Å². The number of rotatable bonds is 11. The molecule has 0 radical (unpaired) electrons. The average Bonchev–Trinajstić information content (AvgIpc) is 3.59. The van der Waals surface area contributed by atoms with Crippen molar-refractivity contribution in [2.24, 2.45) is 0 Å². The zero-order valence-electron chi connectivity index (χ0n) is 29.8. The lowest BCUT2D eigenvalue weighted by atomic mass is 9.94. The van der Waals surface area contributed by atoms with Crippen LogP contribution in [-0.4, -0.2) is 14.3 Å². The van der Waals surface area contributed by atoms with Gasteiger partial charge in [-0.3, -0.25) is 0 Å². The molecule has 0 aliphatic carbocycles. The molecular formula is C45H47N3O. The van der Waals surface area contributed by atoms with Crippen LogP contribution in [0.15, 0.2) is 103 Å². The number of hydrogen-bond donors (Lipinski definition) is 0. The second-order valence-corrected chi connectivity index (χ2v) is 13.6. The molecule has 2 aromatic heterocycles. The van der Waals surface area contributed by atoms with E-state index in [1.165, 1.54) is 68.2 Å². The monoisotopic (exact) mass is 645 g/mol. The fourth-order valence-corrected chi connectivity index (χ4v) is 7.47. The van der Waals surface area contributed by atoms with Crippen LogP contribution in [-0.2, 0) is 12.8 Å². The van der Waals surface area contributed by atoms with Crippen molar-refractivity contribution < 1.29 is 4.74 Å². The lowest BCUT2D eigenvalue weighted by Crippen LogP contribution is -2.02. The summed E-state index contributed by atoms with van der Waals surface area (Å²) in [6.07, 6.45) is 6.72. The molecule has 4 heteroatoms. The lowest BCUT2D eigenvalue weighted by Gasteiger charge is -2.14. The second-order valence-electron chi connectivity index (χ2n) is 13.6. The minimum absolute atomic E-state index is 0.821. The highest BCUT2D eigenvalue weighted by Gasteiger charge is 2.19. The number of aryl methyl sites for hydroxylation is 5. The van der Waals surface area contributed by atoms with Gasteiger partial charge in [0.05, 0.1) is 22.4 Å². The van der Waals surface area contributed by atoms with Crippen molar-refractivity contribution in [3.63, 3.8) is 0 Å². The molecule has 0 aliphatic rings. The maximum Gasteiger partial charge on any atom is 0.129 e. The molecule has 0 aliphatic heterocycles. The molecule has 0 atom stereocenters. The molecule has 49 heavy (non-hydrogen) atoms. The number of ether oxygens (including phenoxy) is 1. The third-order valence-electron chi connectivity index (χ3n) is 9.91. The first kappa shape index (κ1) is 32.5. The maximum atomic E-state index is 6.78.